The van der Waals surface area contributed by atoms with Gasteiger partial charge in [0.2, 0.25) is 6.79 Å². The van der Waals surface area contributed by atoms with E-state index in [1.165, 1.54) is 0 Å². The molecule has 0 atom stereocenters. The van der Waals surface area contributed by atoms with E-state index < -0.39 is 0 Å². The van der Waals surface area contributed by atoms with Crippen molar-refractivity contribution in [2.45, 2.75) is 13.8 Å². The summed E-state index contributed by atoms with van der Waals surface area (Å²) in [6, 6.07) is 13.3. The summed E-state index contributed by atoms with van der Waals surface area (Å²) < 4.78 is 10.7. The van der Waals surface area contributed by atoms with Gasteiger partial charge in [0.15, 0.2) is 11.5 Å². The minimum absolute atomic E-state index is 0.189. The number of nitrogens with one attached hydrogen (secondary N) is 2. The Balaban J connectivity index is 1.64. The summed E-state index contributed by atoms with van der Waals surface area (Å²) in [7, 11) is 0. The maximum atomic E-state index is 11.8. The quantitative estimate of drug-likeness (QED) is 0.796. The summed E-state index contributed by atoms with van der Waals surface area (Å²) in [6.45, 7) is 5.04. The Labute approximate surface area is 147 Å². The van der Waals surface area contributed by atoms with Crippen molar-refractivity contribution in [1.29, 1.82) is 0 Å². The van der Waals surface area contributed by atoms with Crippen LogP contribution in [0, 0.1) is 5.92 Å². The van der Waals surface area contributed by atoms with Crippen molar-refractivity contribution >= 4 is 23.9 Å². The van der Waals surface area contributed by atoms with Crippen LogP contribution in [0.4, 0.5) is 10.5 Å². The summed E-state index contributed by atoms with van der Waals surface area (Å²) >= 11 is 0. The van der Waals surface area contributed by atoms with Crippen molar-refractivity contribution in [3.05, 3.63) is 53.6 Å². The van der Waals surface area contributed by atoms with E-state index in [1.807, 2.05) is 54.6 Å². The van der Waals surface area contributed by atoms with Gasteiger partial charge >= 0.3 is 6.03 Å². The zero-order chi connectivity index (χ0) is 17.6. The minimum Gasteiger partial charge on any atom is -0.454 e. The predicted molar refractivity (Wildman–Crippen MR) is 99.8 cm³/mol. The van der Waals surface area contributed by atoms with Gasteiger partial charge in [-0.25, -0.2) is 4.79 Å². The molecule has 3 rings (SSSR count). The fourth-order valence-electron chi connectivity index (χ4n) is 2.40. The molecule has 2 aromatic rings. The van der Waals surface area contributed by atoms with Gasteiger partial charge in [-0.2, -0.15) is 0 Å². The normalized spacial score (nSPS) is 12.6. The Kier molecular flexibility index (Phi) is 5.23. The van der Waals surface area contributed by atoms with Crippen LogP contribution in [0.2, 0.25) is 0 Å². The summed E-state index contributed by atoms with van der Waals surface area (Å²) in [5.74, 6) is 1.96. The van der Waals surface area contributed by atoms with E-state index in [-0.39, 0.29) is 12.8 Å². The van der Waals surface area contributed by atoms with Crippen molar-refractivity contribution in [3.63, 3.8) is 0 Å². The van der Waals surface area contributed by atoms with Crippen LogP contribution in [0.1, 0.15) is 25.0 Å². The molecule has 0 saturated heterocycles. The molecule has 0 fully saturated rings. The Bertz CT molecular complexity index is 784. The van der Waals surface area contributed by atoms with E-state index in [9.17, 15) is 4.79 Å². The van der Waals surface area contributed by atoms with Gasteiger partial charge in [-0.05, 0) is 41.3 Å². The molecule has 0 bridgehead atoms. The second-order valence-corrected chi connectivity index (χ2v) is 6.30. The third-order valence-corrected chi connectivity index (χ3v) is 3.68. The summed E-state index contributed by atoms with van der Waals surface area (Å²) in [5.41, 5.74) is 2.78. The third kappa shape index (κ3) is 4.76. The number of anilines is 1. The highest BCUT2D eigenvalue weighted by Gasteiger charge is 2.12. The zero-order valence-corrected chi connectivity index (χ0v) is 14.4. The molecule has 5 heteroatoms. The highest BCUT2D eigenvalue weighted by molar-refractivity contribution is 5.89. The van der Waals surface area contributed by atoms with Crippen LogP contribution in [0.3, 0.4) is 0 Å². The van der Waals surface area contributed by atoms with Crippen LogP contribution in [-0.2, 0) is 0 Å². The Hall–Kier alpha value is -2.95. The van der Waals surface area contributed by atoms with Crippen LogP contribution >= 0.6 is 0 Å². The van der Waals surface area contributed by atoms with Crippen molar-refractivity contribution in [2.75, 3.05) is 18.7 Å². The van der Waals surface area contributed by atoms with E-state index in [1.54, 1.807) is 0 Å². The number of urea groups is 1. The van der Waals surface area contributed by atoms with Gasteiger partial charge in [-0.3, -0.25) is 0 Å². The molecular weight excluding hydrogens is 316 g/mol. The lowest BCUT2D eigenvalue weighted by Gasteiger charge is -2.09. The largest absolute Gasteiger partial charge is 0.454 e. The molecule has 2 amide bonds. The number of benzene rings is 2. The van der Waals surface area contributed by atoms with Gasteiger partial charge in [0.1, 0.15) is 0 Å². The number of fused-ring (bicyclic) bond motifs is 1. The molecule has 0 aromatic heterocycles. The van der Waals surface area contributed by atoms with Gasteiger partial charge in [0.25, 0.3) is 0 Å². The van der Waals surface area contributed by atoms with Crippen molar-refractivity contribution in [3.8, 4) is 11.5 Å². The molecule has 0 saturated carbocycles. The number of rotatable bonds is 5. The van der Waals surface area contributed by atoms with E-state index in [4.69, 9.17) is 9.47 Å². The molecule has 0 spiro atoms. The molecule has 5 nitrogen and oxygen atoms in total. The molecule has 1 aliphatic rings. The monoisotopic (exact) mass is 338 g/mol. The second kappa shape index (κ2) is 7.75. The average Bonchev–Trinajstić information content (AvgIpc) is 3.06. The molecule has 0 radical (unpaired) electrons. The van der Waals surface area contributed by atoms with Gasteiger partial charge in [-0.1, -0.05) is 44.2 Å². The first-order valence-corrected chi connectivity index (χ1v) is 8.33. The van der Waals surface area contributed by atoms with E-state index >= 15 is 0 Å². The van der Waals surface area contributed by atoms with Crippen LogP contribution in [0.5, 0.6) is 11.5 Å². The highest BCUT2D eigenvalue weighted by Crippen LogP contribution is 2.33. The lowest BCUT2D eigenvalue weighted by Crippen LogP contribution is -2.31. The van der Waals surface area contributed by atoms with Gasteiger partial charge < -0.3 is 20.1 Å². The Morgan fingerprint density at radius 3 is 2.64 bits per heavy atom. The average molecular weight is 338 g/mol. The molecule has 130 valence electrons. The molecule has 0 aliphatic carbocycles. The molecule has 25 heavy (non-hydrogen) atoms. The standard InChI is InChI=1S/C20H22N2O3/c1-14(2)12-21-20(23)22-17-5-3-4-15(10-17)6-7-16-8-9-18-19(11-16)25-13-24-18/h3-11,14H,12-13H2,1-2H3,(H2,21,22,23)/b7-6+. The highest BCUT2D eigenvalue weighted by atomic mass is 16.7. The number of carbonyl (C=O) groups excluding carboxylic acids is 1. The second-order valence-electron chi connectivity index (χ2n) is 6.30. The molecule has 0 unspecified atom stereocenters. The fourth-order valence-corrected chi connectivity index (χ4v) is 2.40. The van der Waals surface area contributed by atoms with Crippen LogP contribution in [-0.4, -0.2) is 19.4 Å². The van der Waals surface area contributed by atoms with Gasteiger partial charge in [0.05, 0.1) is 0 Å². The van der Waals surface area contributed by atoms with Gasteiger partial charge in [0, 0.05) is 12.2 Å². The van der Waals surface area contributed by atoms with Crippen LogP contribution in [0.25, 0.3) is 12.2 Å². The fraction of sp³-hybridized carbons (Fsp3) is 0.250. The number of hydrogen-bond acceptors (Lipinski definition) is 3. The summed E-state index contributed by atoms with van der Waals surface area (Å²) in [4.78, 5) is 11.8. The summed E-state index contributed by atoms with van der Waals surface area (Å²) in [6.07, 6.45) is 3.99. The zero-order valence-electron chi connectivity index (χ0n) is 14.4. The van der Waals surface area contributed by atoms with Crippen molar-refractivity contribution in [2.24, 2.45) is 5.92 Å². The first-order valence-electron chi connectivity index (χ1n) is 8.33. The first-order chi connectivity index (χ1) is 12.1. The maximum absolute atomic E-state index is 11.8. The van der Waals surface area contributed by atoms with E-state index in [2.05, 4.69) is 24.5 Å². The Morgan fingerprint density at radius 1 is 1.08 bits per heavy atom. The molecule has 2 aromatic carbocycles. The first kappa shape index (κ1) is 16.9. The predicted octanol–water partition coefficient (Wildman–Crippen LogP) is 4.36. The third-order valence-electron chi connectivity index (χ3n) is 3.68. The summed E-state index contributed by atoms with van der Waals surface area (Å²) in [5, 5.41) is 5.69. The van der Waals surface area contributed by atoms with Crippen LogP contribution in [0.15, 0.2) is 42.5 Å². The minimum atomic E-state index is -0.189. The van der Waals surface area contributed by atoms with Crippen molar-refractivity contribution in [1.82, 2.24) is 5.32 Å². The lowest BCUT2D eigenvalue weighted by molar-refractivity contribution is 0.174. The lowest BCUT2D eigenvalue weighted by atomic mass is 10.1. The van der Waals surface area contributed by atoms with E-state index in [0.717, 1.165) is 28.3 Å². The maximum Gasteiger partial charge on any atom is 0.319 e. The number of ether oxygens (including phenoxy) is 2. The number of hydrogen-bond donors (Lipinski definition) is 2. The molecule has 1 heterocycles. The van der Waals surface area contributed by atoms with Crippen molar-refractivity contribution < 1.29 is 14.3 Å². The number of amides is 2. The van der Waals surface area contributed by atoms with Gasteiger partial charge in [-0.15, -0.1) is 0 Å². The molecule has 1 aliphatic heterocycles. The topological polar surface area (TPSA) is 59.6 Å². The van der Waals surface area contributed by atoms with Crippen LogP contribution < -0.4 is 20.1 Å². The molecular formula is C20H22N2O3. The van der Waals surface area contributed by atoms with E-state index in [0.29, 0.717) is 12.5 Å². The SMILES string of the molecule is CC(C)CNC(=O)Nc1cccc(/C=C/c2ccc3c(c2)OCO3)c1. The Morgan fingerprint density at radius 2 is 1.84 bits per heavy atom. The smallest absolute Gasteiger partial charge is 0.319 e. The molecule has 2 N–H and O–H groups in total. The number of carbonyl (C=O) groups is 1.